The topological polar surface area (TPSA) is 73.4 Å². The Morgan fingerprint density at radius 1 is 1.06 bits per heavy atom. The molecule has 10 heteroatoms. The van der Waals surface area contributed by atoms with E-state index in [2.05, 4.69) is 15.4 Å². The number of nitrogens with one attached hydrogen (secondary N) is 1. The summed E-state index contributed by atoms with van der Waals surface area (Å²) in [6.07, 6.45) is 0.634. The van der Waals surface area contributed by atoms with E-state index >= 15 is 0 Å². The van der Waals surface area contributed by atoms with Gasteiger partial charge in [0.05, 0.1) is 34.4 Å². The number of rotatable bonds is 6. The van der Waals surface area contributed by atoms with Crippen molar-refractivity contribution >= 4 is 17.2 Å². The summed E-state index contributed by atoms with van der Waals surface area (Å²) < 4.78 is 48.3. The van der Waals surface area contributed by atoms with Crippen molar-refractivity contribution in [2.45, 2.75) is 19.7 Å². The number of hydrogen-bond donors (Lipinski definition) is 1. The second-order valence-corrected chi connectivity index (χ2v) is 8.07. The minimum atomic E-state index is -4.48. The van der Waals surface area contributed by atoms with Gasteiger partial charge in [0.2, 0.25) is 0 Å². The first-order valence-electron chi connectivity index (χ1n) is 11.0. The smallest absolute Gasteiger partial charge is 0.416 e. The lowest BCUT2D eigenvalue weighted by Gasteiger charge is -2.11. The average Bonchev–Trinajstić information content (AvgIpc) is 3.45. The monoisotopic (exact) mass is 491 g/mol. The largest absolute Gasteiger partial charge is 0.487 e. The Morgan fingerprint density at radius 2 is 1.89 bits per heavy atom. The Balaban J connectivity index is 1.28. The quantitative estimate of drug-likeness (QED) is 0.332. The molecule has 36 heavy (non-hydrogen) atoms. The molecule has 0 unspecified atom stereocenters. The zero-order chi connectivity index (χ0) is 25.3. The van der Waals surface area contributed by atoms with Crippen LogP contribution in [0.4, 0.5) is 18.9 Å². The van der Waals surface area contributed by atoms with E-state index in [1.54, 1.807) is 31.2 Å². The van der Waals surface area contributed by atoms with Crippen LogP contribution in [0.25, 0.3) is 11.3 Å². The zero-order valence-electron chi connectivity index (χ0n) is 19.0. The second-order valence-electron chi connectivity index (χ2n) is 8.07. The van der Waals surface area contributed by atoms with Gasteiger partial charge in [-0.1, -0.05) is 18.2 Å². The van der Waals surface area contributed by atoms with E-state index in [-0.39, 0.29) is 17.9 Å². The van der Waals surface area contributed by atoms with Gasteiger partial charge in [-0.25, -0.2) is 9.67 Å². The highest BCUT2D eigenvalue weighted by Gasteiger charge is 2.30. The first-order valence-corrected chi connectivity index (χ1v) is 11.0. The Morgan fingerprint density at radius 3 is 2.69 bits per heavy atom. The number of ether oxygens (including phenoxy) is 1. The maximum atomic E-state index is 13.1. The molecular formula is C26H20F3N5O2. The van der Waals surface area contributed by atoms with Gasteiger partial charge >= 0.3 is 6.18 Å². The SMILES string of the molecule is Cc1c(C(=O)Nc2cccc(OCc3cn4ccccc4n3)c2)cnn1-c1cccc(C(F)(F)F)c1. The van der Waals surface area contributed by atoms with E-state index in [1.165, 1.54) is 23.0 Å². The highest BCUT2D eigenvalue weighted by atomic mass is 19.4. The number of alkyl halides is 3. The summed E-state index contributed by atoms with van der Waals surface area (Å²) in [6.45, 7) is 1.87. The summed E-state index contributed by atoms with van der Waals surface area (Å²) >= 11 is 0. The molecule has 0 atom stereocenters. The Hall–Kier alpha value is -4.60. The molecule has 1 N–H and O–H groups in total. The number of hydrogen-bond acceptors (Lipinski definition) is 4. The Bertz CT molecular complexity index is 1520. The predicted octanol–water partition coefficient (Wildman–Crippen LogP) is 5.68. The number of carbonyl (C=O) groups is 1. The van der Waals surface area contributed by atoms with Gasteiger partial charge in [-0.15, -0.1) is 0 Å². The van der Waals surface area contributed by atoms with Gasteiger partial charge in [0.1, 0.15) is 18.0 Å². The molecular weight excluding hydrogens is 471 g/mol. The molecule has 0 spiro atoms. The van der Waals surface area contributed by atoms with Crippen molar-refractivity contribution in [1.29, 1.82) is 0 Å². The van der Waals surface area contributed by atoms with Crippen LogP contribution in [0.2, 0.25) is 0 Å². The van der Waals surface area contributed by atoms with Crippen molar-refractivity contribution in [1.82, 2.24) is 19.2 Å². The van der Waals surface area contributed by atoms with Crippen molar-refractivity contribution in [3.8, 4) is 11.4 Å². The number of anilines is 1. The van der Waals surface area contributed by atoms with Crippen LogP contribution < -0.4 is 10.1 Å². The summed E-state index contributed by atoms with van der Waals surface area (Å²) in [4.78, 5) is 17.4. The molecule has 0 bridgehead atoms. The highest BCUT2D eigenvalue weighted by molar-refractivity contribution is 6.05. The van der Waals surface area contributed by atoms with E-state index < -0.39 is 17.6 Å². The van der Waals surface area contributed by atoms with Crippen LogP contribution in [0.5, 0.6) is 5.75 Å². The van der Waals surface area contributed by atoms with Crippen LogP contribution in [0, 0.1) is 6.92 Å². The van der Waals surface area contributed by atoms with Gasteiger partial charge in [-0.2, -0.15) is 18.3 Å². The molecule has 0 aliphatic carbocycles. The maximum absolute atomic E-state index is 13.1. The molecule has 0 aliphatic heterocycles. The van der Waals surface area contributed by atoms with Gasteiger partial charge < -0.3 is 14.5 Å². The molecule has 0 saturated heterocycles. The van der Waals surface area contributed by atoms with E-state index in [0.29, 0.717) is 17.1 Å². The number of pyridine rings is 1. The highest BCUT2D eigenvalue weighted by Crippen LogP contribution is 2.30. The molecule has 182 valence electrons. The lowest BCUT2D eigenvalue weighted by molar-refractivity contribution is -0.137. The van der Waals surface area contributed by atoms with Gasteiger partial charge in [0.25, 0.3) is 5.91 Å². The fourth-order valence-electron chi connectivity index (χ4n) is 3.78. The van der Waals surface area contributed by atoms with Crippen LogP contribution >= 0.6 is 0 Å². The number of halogens is 3. The second kappa shape index (κ2) is 9.21. The van der Waals surface area contributed by atoms with Gasteiger partial charge in [0.15, 0.2) is 0 Å². The third kappa shape index (κ3) is 4.78. The van der Waals surface area contributed by atoms with E-state index in [9.17, 15) is 18.0 Å². The van der Waals surface area contributed by atoms with E-state index in [4.69, 9.17) is 4.74 Å². The van der Waals surface area contributed by atoms with Crippen LogP contribution in [-0.2, 0) is 12.8 Å². The molecule has 3 heterocycles. The molecule has 2 aromatic carbocycles. The maximum Gasteiger partial charge on any atom is 0.416 e. The number of fused-ring (bicyclic) bond motifs is 1. The normalized spacial score (nSPS) is 11.6. The summed E-state index contributed by atoms with van der Waals surface area (Å²) in [7, 11) is 0. The third-order valence-electron chi connectivity index (χ3n) is 5.56. The van der Waals surface area contributed by atoms with Crippen molar-refractivity contribution < 1.29 is 22.7 Å². The standard InChI is InChI=1S/C26H20F3N5O2/c1-17-23(14-30-34(17)21-8-4-6-18(12-21)26(27,28)29)25(35)32-19-7-5-9-22(13-19)36-16-20-15-33-11-3-2-10-24(33)31-20/h2-15H,16H2,1H3,(H,32,35). The number of aromatic nitrogens is 4. The zero-order valence-corrected chi connectivity index (χ0v) is 19.0. The van der Waals surface area contributed by atoms with Crippen LogP contribution in [0.15, 0.2) is 85.3 Å². The van der Waals surface area contributed by atoms with Crippen LogP contribution in [-0.4, -0.2) is 25.1 Å². The summed E-state index contributed by atoms with van der Waals surface area (Å²) in [5, 5.41) is 6.91. The molecule has 1 amide bonds. The molecule has 0 fully saturated rings. The first-order chi connectivity index (χ1) is 17.3. The molecule has 0 aliphatic rings. The number of carbonyl (C=O) groups excluding carboxylic acids is 1. The van der Waals surface area contributed by atoms with Gasteiger partial charge in [0, 0.05) is 24.1 Å². The molecule has 0 radical (unpaired) electrons. The molecule has 5 aromatic rings. The summed E-state index contributed by atoms with van der Waals surface area (Å²) in [5.74, 6) is 0.101. The Labute approximate surface area is 203 Å². The minimum Gasteiger partial charge on any atom is -0.487 e. The molecule has 5 rings (SSSR count). The lowest BCUT2D eigenvalue weighted by Crippen LogP contribution is -2.13. The van der Waals surface area contributed by atoms with Crippen molar-refractivity contribution in [3.05, 3.63) is 108 Å². The Kier molecular flexibility index (Phi) is 5.93. The van der Waals surface area contributed by atoms with E-state index in [0.717, 1.165) is 23.5 Å². The van der Waals surface area contributed by atoms with E-state index in [1.807, 2.05) is 35.0 Å². The number of imidazole rings is 1. The number of nitrogens with zero attached hydrogens (tertiary/aromatic N) is 4. The van der Waals surface area contributed by atoms with Crippen LogP contribution in [0.1, 0.15) is 27.3 Å². The number of benzene rings is 2. The predicted molar refractivity (Wildman–Crippen MR) is 127 cm³/mol. The van der Waals surface area contributed by atoms with Gasteiger partial charge in [-0.05, 0) is 49.4 Å². The van der Waals surface area contributed by atoms with Gasteiger partial charge in [-0.3, -0.25) is 4.79 Å². The average molecular weight is 491 g/mol. The van der Waals surface area contributed by atoms with Crippen molar-refractivity contribution in [3.63, 3.8) is 0 Å². The number of amides is 1. The third-order valence-corrected chi connectivity index (χ3v) is 5.56. The van der Waals surface area contributed by atoms with Crippen molar-refractivity contribution in [2.75, 3.05) is 5.32 Å². The fourth-order valence-corrected chi connectivity index (χ4v) is 3.78. The lowest BCUT2D eigenvalue weighted by atomic mass is 10.2. The molecule has 7 nitrogen and oxygen atoms in total. The molecule has 3 aromatic heterocycles. The summed E-state index contributed by atoms with van der Waals surface area (Å²) in [6, 6.07) is 17.4. The minimum absolute atomic E-state index is 0.212. The first kappa shape index (κ1) is 23.2. The summed E-state index contributed by atoms with van der Waals surface area (Å²) in [5.41, 5.74) is 2.14. The van der Waals surface area contributed by atoms with Crippen LogP contribution in [0.3, 0.4) is 0 Å². The fraction of sp³-hybridized carbons (Fsp3) is 0.115. The van der Waals surface area contributed by atoms with Crippen molar-refractivity contribution in [2.24, 2.45) is 0 Å². The molecule has 0 saturated carbocycles.